The monoisotopic (exact) mass is 406 g/mol. The molecule has 0 aromatic heterocycles. The molecule has 0 fully saturated rings. The number of esters is 3. The minimum Gasteiger partial charge on any atom is -0.493 e. The third-order valence-corrected chi connectivity index (χ3v) is 3.94. The first-order chi connectivity index (χ1) is 14.5. The van der Waals surface area contributed by atoms with Gasteiger partial charge in [-0.3, -0.25) is 4.79 Å². The standard InChI is InChI=1S/C23H18O7/c1-15(24)28-18-11-5-3-9-16(18)22(25)29-19-12-6-4-10-17(19)23(26)30-21-14-8-7-13-20(21)27-2/h3-14H,1-2H3. The molecule has 0 aliphatic carbocycles. The van der Waals surface area contributed by atoms with Crippen molar-refractivity contribution in [3.8, 4) is 23.0 Å². The molecule has 7 nitrogen and oxygen atoms in total. The van der Waals surface area contributed by atoms with Gasteiger partial charge >= 0.3 is 17.9 Å². The Labute approximate surface area is 172 Å². The molecule has 152 valence electrons. The zero-order valence-electron chi connectivity index (χ0n) is 16.3. The van der Waals surface area contributed by atoms with Crippen LogP contribution in [-0.2, 0) is 4.79 Å². The van der Waals surface area contributed by atoms with E-state index in [0.717, 1.165) is 0 Å². The Bertz CT molecular complexity index is 1090. The Kier molecular flexibility index (Phi) is 6.44. The van der Waals surface area contributed by atoms with Crippen LogP contribution in [0.5, 0.6) is 23.0 Å². The Hall–Kier alpha value is -4.13. The number of carbonyl (C=O) groups excluding carboxylic acids is 3. The molecule has 0 aliphatic heterocycles. The van der Waals surface area contributed by atoms with Gasteiger partial charge < -0.3 is 18.9 Å². The molecule has 0 heterocycles. The summed E-state index contributed by atoms with van der Waals surface area (Å²) in [6, 6.07) is 19.0. The first-order valence-corrected chi connectivity index (χ1v) is 8.93. The topological polar surface area (TPSA) is 88.1 Å². The summed E-state index contributed by atoms with van der Waals surface area (Å²) < 4.78 is 21.0. The molecule has 0 amide bonds. The average molecular weight is 406 g/mol. The van der Waals surface area contributed by atoms with Crippen molar-refractivity contribution in [2.24, 2.45) is 0 Å². The number of benzene rings is 3. The molecular weight excluding hydrogens is 388 g/mol. The highest BCUT2D eigenvalue weighted by Gasteiger charge is 2.21. The molecular formula is C23H18O7. The molecule has 0 saturated heterocycles. The van der Waals surface area contributed by atoms with Gasteiger partial charge in [-0.1, -0.05) is 36.4 Å². The minimum absolute atomic E-state index is 0.0000241. The van der Waals surface area contributed by atoms with Crippen molar-refractivity contribution >= 4 is 17.9 Å². The van der Waals surface area contributed by atoms with Crippen molar-refractivity contribution < 1.29 is 33.3 Å². The molecule has 3 aromatic rings. The Morgan fingerprint density at radius 1 is 0.567 bits per heavy atom. The molecule has 7 heteroatoms. The maximum absolute atomic E-state index is 12.7. The van der Waals surface area contributed by atoms with Gasteiger partial charge in [0, 0.05) is 6.92 Å². The van der Waals surface area contributed by atoms with Gasteiger partial charge in [0.05, 0.1) is 7.11 Å². The van der Waals surface area contributed by atoms with E-state index >= 15 is 0 Å². The fourth-order valence-electron chi connectivity index (χ4n) is 2.62. The number of hydrogen-bond donors (Lipinski definition) is 0. The van der Waals surface area contributed by atoms with Crippen molar-refractivity contribution in [2.75, 3.05) is 7.11 Å². The summed E-state index contributed by atoms with van der Waals surface area (Å²) >= 11 is 0. The van der Waals surface area contributed by atoms with E-state index in [9.17, 15) is 14.4 Å². The second-order valence-corrected chi connectivity index (χ2v) is 6.02. The lowest BCUT2D eigenvalue weighted by atomic mass is 10.2. The second-order valence-electron chi connectivity index (χ2n) is 6.02. The van der Waals surface area contributed by atoms with E-state index in [4.69, 9.17) is 18.9 Å². The Morgan fingerprint density at radius 2 is 0.967 bits per heavy atom. The van der Waals surface area contributed by atoms with Crippen LogP contribution in [0.4, 0.5) is 0 Å². The van der Waals surface area contributed by atoms with Crippen molar-refractivity contribution in [1.29, 1.82) is 0 Å². The van der Waals surface area contributed by atoms with E-state index in [2.05, 4.69) is 0 Å². The zero-order valence-corrected chi connectivity index (χ0v) is 16.3. The SMILES string of the molecule is COc1ccccc1OC(=O)c1ccccc1OC(=O)c1ccccc1OC(C)=O. The van der Waals surface area contributed by atoms with Gasteiger partial charge in [-0.25, -0.2) is 9.59 Å². The molecule has 0 N–H and O–H groups in total. The lowest BCUT2D eigenvalue weighted by Crippen LogP contribution is -2.16. The van der Waals surface area contributed by atoms with Crippen LogP contribution in [0.15, 0.2) is 72.8 Å². The molecule has 0 spiro atoms. The van der Waals surface area contributed by atoms with Crippen LogP contribution < -0.4 is 18.9 Å². The first kappa shape index (κ1) is 20.6. The molecule has 3 rings (SSSR count). The number of hydrogen-bond acceptors (Lipinski definition) is 7. The Balaban J connectivity index is 1.85. The van der Waals surface area contributed by atoms with E-state index < -0.39 is 17.9 Å². The van der Waals surface area contributed by atoms with Gasteiger partial charge in [0.1, 0.15) is 22.6 Å². The third kappa shape index (κ3) is 4.82. The van der Waals surface area contributed by atoms with Gasteiger partial charge in [0.15, 0.2) is 11.5 Å². The fraction of sp³-hybridized carbons (Fsp3) is 0.0870. The zero-order chi connectivity index (χ0) is 21.5. The lowest BCUT2D eigenvalue weighted by Gasteiger charge is -2.12. The summed E-state index contributed by atoms with van der Waals surface area (Å²) in [6.07, 6.45) is 0. The summed E-state index contributed by atoms with van der Waals surface area (Å²) in [4.78, 5) is 36.6. The number of methoxy groups -OCH3 is 1. The molecule has 30 heavy (non-hydrogen) atoms. The van der Waals surface area contributed by atoms with E-state index in [1.54, 1.807) is 48.5 Å². The summed E-state index contributed by atoms with van der Waals surface area (Å²) in [6.45, 7) is 1.23. The highest BCUT2D eigenvalue weighted by Crippen LogP contribution is 2.29. The van der Waals surface area contributed by atoms with Crippen LogP contribution in [-0.4, -0.2) is 25.0 Å². The molecule has 0 saturated carbocycles. The van der Waals surface area contributed by atoms with Crippen molar-refractivity contribution in [2.45, 2.75) is 6.92 Å². The third-order valence-electron chi connectivity index (χ3n) is 3.94. The van der Waals surface area contributed by atoms with Crippen LogP contribution in [0.25, 0.3) is 0 Å². The first-order valence-electron chi connectivity index (χ1n) is 8.93. The van der Waals surface area contributed by atoms with Gasteiger partial charge in [0.2, 0.25) is 0 Å². The van der Waals surface area contributed by atoms with E-state index in [1.807, 2.05) is 0 Å². The second kappa shape index (κ2) is 9.38. The van der Waals surface area contributed by atoms with Crippen LogP contribution in [0.3, 0.4) is 0 Å². The average Bonchev–Trinajstić information content (AvgIpc) is 2.74. The molecule has 0 atom stereocenters. The smallest absolute Gasteiger partial charge is 0.347 e. The molecule has 0 bridgehead atoms. The summed E-state index contributed by atoms with van der Waals surface area (Å²) in [5.74, 6) is -1.41. The number of rotatable bonds is 6. The van der Waals surface area contributed by atoms with Crippen LogP contribution in [0.2, 0.25) is 0 Å². The quantitative estimate of drug-likeness (QED) is 0.451. The van der Waals surface area contributed by atoms with E-state index in [0.29, 0.717) is 5.75 Å². The molecule has 3 aromatic carbocycles. The van der Waals surface area contributed by atoms with Gasteiger partial charge in [-0.15, -0.1) is 0 Å². The van der Waals surface area contributed by atoms with Gasteiger partial charge in [-0.05, 0) is 36.4 Å². The maximum atomic E-state index is 12.7. The predicted octanol–water partition coefficient (Wildman–Crippen LogP) is 4.06. The highest BCUT2D eigenvalue weighted by atomic mass is 16.6. The summed E-state index contributed by atoms with van der Waals surface area (Å²) in [5.41, 5.74) is 0.0855. The summed E-state index contributed by atoms with van der Waals surface area (Å²) in [5, 5.41) is 0. The lowest BCUT2D eigenvalue weighted by molar-refractivity contribution is -0.131. The normalized spacial score (nSPS) is 10.1. The minimum atomic E-state index is -0.788. The molecule has 0 aliphatic rings. The largest absolute Gasteiger partial charge is 0.493 e. The Morgan fingerprint density at radius 3 is 1.47 bits per heavy atom. The van der Waals surface area contributed by atoms with E-state index in [1.165, 1.54) is 38.3 Å². The van der Waals surface area contributed by atoms with Crippen LogP contribution in [0.1, 0.15) is 27.6 Å². The van der Waals surface area contributed by atoms with Crippen molar-refractivity contribution in [3.05, 3.63) is 83.9 Å². The molecule has 0 unspecified atom stereocenters. The highest BCUT2D eigenvalue weighted by molar-refractivity contribution is 5.98. The van der Waals surface area contributed by atoms with Crippen LogP contribution in [0, 0.1) is 0 Å². The predicted molar refractivity (Wildman–Crippen MR) is 107 cm³/mol. The van der Waals surface area contributed by atoms with Crippen molar-refractivity contribution in [3.63, 3.8) is 0 Å². The van der Waals surface area contributed by atoms with Gasteiger partial charge in [-0.2, -0.15) is 0 Å². The summed E-state index contributed by atoms with van der Waals surface area (Å²) in [7, 11) is 1.46. The van der Waals surface area contributed by atoms with Crippen molar-refractivity contribution in [1.82, 2.24) is 0 Å². The molecule has 0 radical (unpaired) electrons. The van der Waals surface area contributed by atoms with Gasteiger partial charge in [0.25, 0.3) is 0 Å². The fourth-order valence-corrected chi connectivity index (χ4v) is 2.62. The maximum Gasteiger partial charge on any atom is 0.347 e. The van der Waals surface area contributed by atoms with Crippen LogP contribution >= 0.6 is 0 Å². The van der Waals surface area contributed by atoms with E-state index in [-0.39, 0.29) is 28.4 Å². The number of ether oxygens (including phenoxy) is 4. The number of carbonyl (C=O) groups is 3. The number of para-hydroxylation sites is 4.